The number of hydrogen-bond acceptors (Lipinski definition) is 5. The zero-order chi connectivity index (χ0) is 19.9. The maximum atomic E-state index is 12.7. The van der Waals surface area contributed by atoms with Gasteiger partial charge in [-0.1, -0.05) is 23.7 Å². The van der Waals surface area contributed by atoms with E-state index < -0.39 is 11.9 Å². The van der Waals surface area contributed by atoms with Gasteiger partial charge in [0.2, 0.25) is 0 Å². The van der Waals surface area contributed by atoms with Gasteiger partial charge in [0, 0.05) is 25.1 Å². The number of fused-ring (bicyclic) bond motifs is 1. The molecule has 146 valence electrons. The van der Waals surface area contributed by atoms with Crippen LogP contribution in [0.3, 0.4) is 0 Å². The molecule has 0 radical (unpaired) electrons. The Morgan fingerprint density at radius 1 is 1.18 bits per heavy atom. The van der Waals surface area contributed by atoms with Crippen molar-refractivity contribution in [1.29, 1.82) is 0 Å². The molecule has 0 aliphatic carbocycles. The van der Waals surface area contributed by atoms with Gasteiger partial charge in [-0.05, 0) is 12.1 Å². The smallest absolute Gasteiger partial charge is 0.403 e. The predicted octanol–water partition coefficient (Wildman–Crippen LogP) is 3.07. The van der Waals surface area contributed by atoms with E-state index in [0.29, 0.717) is 25.2 Å². The number of ether oxygens (including phenoxy) is 1. The van der Waals surface area contributed by atoms with E-state index in [-0.39, 0.29) is 16.5 Å². The van der Waals surface area contributed by atoms with E-state index >= 15 is 0 Å². The number of nitrogens with one attached hydrogen (secondary N) is 1. The summed E-state index contributed by atoms with van der Waals surface area (Å²) < 4.78 is 43.7. The number of hydrogen-bond donors (Lipinski definition) is 1. The van der Waals surface area contributed by atoms with Gasteiger partial charge in [-0.3, -0.25) is 4.79 Å². The molecular weight excluding hydrogens is 399 g/mol. The molecule has 0 bridgehead atoms. The SMILES string of the molecule is O=c1[nH]ncc(N2CCc3c(cnn3-c3ccccc3OC(F)(F)F)C2)c1Cl. The highest BCUT2D eigenvalue weighted by Crippen LogP contribution is 2.32. The number of H-pyrrole nitrogens is 1. The number of rotatable bonds is 3. The van der Waals surface area contributed by atoms with E-state index in [1.165, 1.54) is 29.1 Å². The minimum absolute atomic E-state index is 0.0368. The Morgan fingerprint density at radius 2 is 1.96 bits per heavy atom. The molecule has 0 fully saturated rings. The lowest BCUT2D eigenvalue weighted by Gasteiger charge is -2.29. The molecule has 11 heteroatoms. The first kappa shape index (κ1) is 18.4. The van der Waals surface area contributed by atoms with Crippen molar-refractivity contribution in [1.82, 2.24) is 20.0 Å². The lowest BCUT2D eigenvalue weighted by Crippen LogP contribution is -2.32. The van der Waals surface area contributed by atoms with Crippen LogP contribution in [-0.4, -0.2) is 32.9 Å². The second kappa shape index (κ2) is 6.86. The number of anilines is 1. The van der Waals surface area contributed by atoms with Gasteiger partial charge in [0.05, 0.1) is 23.8 Å². The highest BCUT2D eigenvalue weighted by molar-refractivity contribution is 6.33. The van der Waals surface area contributed by atoms with Crippen molar-refractivity contribution in [3.63, 3.8) is 0 Å². The number of aromatic nitrogens is 4. The van der Waals surface area contributed by atoms with Crippen LogP contribution in [0.2, 0.25) is 5.02 Å². The van der Waals surface area contributed by atoms with Crippen molar-refractivity contribution < 1.29 is 17.9 Å². The molecule has 1 aliphatic heterocycles. The summed E-state index contributed by atoms with van der Waals surface area (Å²) >= 11 is 6.07. The third-order valence-corrected chi connectivity index (χ3v) is 4.74. The quantitative estimate of drug-likeness (QED) is 0.717. The Kier molecular flexibility index (Phi) is 4.50. The van der Waals surface area contributed by atoms with Crippen molar-refractivity contribution >= 4 is 17.3 Å². The summed E-state index contributed by atoms with van der Waals surface area (Å²) in [5.74, 6) is -0.329. The Labute approximate surface area is 161 Å². The fourth-order valence-electron chi connectivity index (χ4n) is 3.18. The number of para-hydroxylation sites is 2. The van der Waals surface area contributed by atoms with Crippen molar-refractivity contribution in [3.8, 4) is 11.4 Å². The van der Waals surface area contributed by atoms with E-state index in [4.69, 9.17) is 11.6 Å². The van der Waals surface area contributed by atoms with Gasteiger partial charge in [-0.25, -0.2) is 9.78 Å². The first-order chi connectivity index (χ1) is 13.3. The van der Waals surface area contributed by atoms with Crippen molar-refractivity contribution in [2.75, 3.05) is 11.4 Å². The molecule has 0 spiro atoms. The molecule has 1 aromatic carbocycles. The Morgan fingerprint density at radius 3 is 2.75 bits per heavy atom. The van der Waals surface area contributed by atoms with Crippen molar-refractivity contribution in [2.24, 2.45) is 0 Å². The molecule has 0 saturated carbocycles. The van der Waals surface area contributed by atoms with Crippen molar-refractivity contribution in [3.05, 3.63) is 63.3 Å². The third-order valence-electron chi connectivity index (χ3n) is 4.37. The summed E-state index contributed by atoms with van der Waals surface area (Å²) in [5.41, 5.74) is 1.78. The number of nitrogens with zero attached hydrogens (tertiary/aromatic N) is 4. The fraction of sp³-hybridized carbons (Fsp3) is 0.235. The highest BCUT2D eigenvalue weighted by Gasteiger charge is 2.33. The molecular formula is C17H13ClF3N5O2. The normalized spacial score (nSPS) is 14.1. The minimum Gasteiger partial charge on any atom is -0.403 e. The average Bonchev–Trinajstić information content (AvgIpc) is 3.06. The number of halogens is 4. The monoisotopic (exact) mass is 411 g/mol. The molecule has 2 aromatic heterocycles. The van der Waals surface area contributed by atoms with Crippen LogP contribution in [0.15, 0.2) is 41.5 Å². The second-order valence-electron chi connectivity index (χ2n) is 6.11. The zero-order valence-corrected chi connectivity index (χ0v) is 15.0. The molecule has 3 heterocycles. The van der Waals surface area contributed by atoms with Gasteiger partial charge in [-0.15, -0.1) is 13.2 Å². The van der Waals surface area contributed by atoms with Crippen LogP contribution in [0.5, 0.6) is 5.75 Å². The van der Waals surface area contributed by atoms with Crippen LogP contribution in [-0.2, 0) is 13.0 Å². The highest BCUT2D eigenvalue weighted by atomic mass is 35.5. The lowest BCUT2D eigenvalue weighted by atomic mass is 10.1. The predicted molar refractivity (Wildman–Crippen MR) is 94.9 cm³/mol. The summed E-state index contributed by atoms with van der Waals surface area (Å²) in [7, 11) is 0. The van der Waals surface area contributed by atoms with Crippen LogP contribution in [0, 0.1) is 0 Å². The van der Waals surface area contributed by atoms with Crippen molar-refractivity contribution in [2.45, 2.75) is 19.3 Å². The third kappa shape index (κ3) is 3.42. The maximum absolute atomic E-state index is 12.7. The van der Waals surface area contributed by atoms with Crippen LogP contribution in [0.4, 0.5) is 18.9 Å². The van der Waals surface area contributed by atoms with E-state index in [0.717, 1.165) is 11.3 Å². The second-order valence-corrected chi connectivity index (χ2v) is 6.49. The molecule has 28 heavy (non-hydrogen) atoms. The van der Waals surface area contributed by atoms with Crippen LogP contribution >= 0.6 is 11.6 Å². The van der Waals surface area contributed by atoms with Gasteiger partial charge < -0.3 is 9.64 Å². The van der Waals surface area contributed by atoms with Crippen LogP contribution < -0.4 is 15.2 Å². The number of benzene rings is 1. The molecule has 7 nitrogen and oxygen atoms in total. The Hall–Kier alpha value is -3.01. The largest absolute Gasteiger partial charge is 0.573 e. The first-order valence-corrected chi connectivity index (χ1v) is 8.60. The summed E-state index contributed by atoms with van der Waals surface area (Å²) in [4.78, 5) is 13.5. The van der Waals surface area contributed by atoms with Gasteiger partial charge in [0.25, 0.3) is 5.56 Å². The van der Waals surface area contributed by atoms with E-state index in [1.54, 1.807) is 12.3 Å². The average molecular weight is 412 g/mol. The zero-order valence-electron chi connectivity index (χ0n) is 14.2. The molecule has 0 atom stereocenters. The summed E-state index contributed by atoms with van der Waals surface area (Å²) in [5, 5.41) is 10.3. The van der Waals surface area contributed by atoms with Gasteiger partial charge in [0.1, 0.15) is 10.7 Å². The molecule has 0 unspecified atom stereocenters. The number of alkyl halides is 3. The Balaban J connectivity index is 1.67. The van der Waals surface area contributed by atoms with Crippen LogP contribution in [0.25, 0.3) is 5.69 Å². The van der Waals surface area contributed by atoms with Gasteiger partial charge in [0.15, 0.2) is 5.75 Å². The topological polar surface area (TPSA) is 76.0 Å². The minimum atomic E-state index is -4.80. The van der Waals surface area contributed by atoms with E-state index in [9.17, 15) is 18.0 Å². The summed E-state index contributed by atoms with van der Waals surface area (Å²) in [6, 6.07) is 5.83. The van der Waals surface area contributed by atoms with E-state index in [1.807, 2.05) is 4.90 Å². The summed E-state index contributed by atoms with van der Waals surface area (Å²) in [6.07, 6.45) is -1.27. The van der Waals surface area contributed by atoms with Gasteiger partial charge in [-0.2, -0.15) is 10.2 Å². The Bertz CT molecular complexity index is 1080. The molecule has 3 aromatic rings. The lowest BCUT2D eigenvalue weighted by molar-refractivity contribution is -0.274. The fourth-order valence-corrected chi connectivity index (χ4v) is 3.39. The molecule has 1 N–H and O–H groups in total. The summed E-state index contributed by atoms with van der Waals surface area (Å²) in [6.45, 7) is 0.883. The van der Waals surface area contributed by atoms with E-state index in [2.05, 4.69) is 20.0 Å². The molecule has 1 aliphatic rings. The first-order valence-electron chi connectivity index (χ1n) is 8.22. The molecule has 0 saturated heterocycles. The van der Waals surface area contributed by atoms with Gasteiger partial charge >= 0.3 is 6.36 Å². The molecule has 0 amide bonds. The maximum Gasteiger partial charge on any atom is 0.573 e. The van der Waals surface area contributed by atoms with Crippen LogP contribution in [0.1, 0.15) is 11.3 Å². The molecule has 4 rings (SSSR count). The number of aromatic amines is 1. The standard InChI is InChI=1S/C17H13ClF3N5O2/c18-15-13(8-22-24-16(15)27)25-6-5-11-10(9-25)7-23-26(11)12-3-1-2-4-14(12)28-17(19,20)21/h1-4,7-8H,5-6,9H2,(H,24,27).